The van der Waals surface area contributed by atoms with Gasteiger partial charge in [-0.15, -0.1) is 0 Å². The zero-order valence-corrected chi connectivity index (χ0v) is 12.2. The molecule has 1 saturated heterocycles. The first kappa shape index (κ1) is 14.5. The molecule has 0 saturated carbocycles. The van der Waals surface area contributed by atoms with Crippen LogP contribution in [0.15, 0.2) is 29.7 Å². The summed E-state index contributed by atoms with van der Waals surface area (Å²) in [6.07, 6.45) is -0.386. The molecule has 0 aromatic heterocycles. The highest BCUT2D eigenvalue weighted by Crippen LogP contribution is 2.39. The number of rotatable bonds is 2. The molecule has 1 heterocycles. The Bertz CT molecular complexity index is 607. The molecule has 1 fully saturated rings. The van der Waals surface area contributed by atoms with Crippen LogP contribution in [0.5, 0.6) is 0 Å². The van der Waals surface area contributed by atoms with E-state index in [0.29, 0.717) is 34.6 Å². The van der Waals surface area contributed by atoms with E-state index in [-0.39, 0.29) is 11.7 Å². The van der Waals surface area contributed by atoms with Gasteiger partial charge < -0.3 is 9.64 Å². The van der Waals surface area contributed by atoms with Gasteiger partial charge in [0.15, 0.2) is 5.57 Å². The zero-order chi connectivity index (χ0) is 14.7. The van der Waals surface area contributed by atoms with Gasteiger partial charge in [-0.2, -0.15) is 10.5 Å². The number of nitriles is 2. The van der Waals surface area contributed by atoms with Crippen molar-refractivity contribution in [1.82, 2.24) is 4.90 Å². The molecular formula is C14H11Cl2N3O. The van der Waals surface area contributed by atoms with E-state index < -0.39 is 0 Å². The maximum atomic E-state index is 8.98. The smallest absolute Gasteiger partial charge is 0.219 e. The van der Waals surface area contributed by atoms with E-state index in [1.54, 1.807) is 18.2 Å². The number of ether oxygens (including phenoxy) is 1. The molecule has 1 aliphatic rings. The quantitative estimate of drug-likeness (QED) is 0.783. The summed E-state index contributed by atoms with van der Waals surface area (Å²) in [5.74, 6) is 0.290. The molecule has 1 aromatic carbocycles. The molecule has 0 bridgehead atoms. The fraction of sp³-hybridized carbons (Fsp3) is 0.286. The fourth-order valence-electron chi connectivity index (χ4n) is 2.11. The molecule has 1 aromatic rings. The molecule has 0 amide bonds. The van der Waals surface area contributed by atoms with Gasteiger partial charge in [0, 0.05) is 22.2 Å². The molecule has 1 unspecified atom stereocenters. The van der Waals surface area contributed by atoms with Crippen LogP contribution in [0.25, 0.3) is 0 Å². The maximum absolute atomic E-state index is 8.98. The Labute approximate surface area is 127 Å². The van der Waals surface area contributed by atoms with E-state index in [1.165, 1.54) is 0 Å². The van der Waals surface area contributed by atoms with E-state index >= 15 is 0 Å². The van der Waals surface area contributed by atoms with Gasteiger partial charge in [-0.1, -0.05) is 29.3 Å². The lowest BCUT2D eigenvalue weighted by molar-refractivity contribution is 0.161. The van der Waals surface area contributed by atoms with Gasteiger partial charge >= 0.3 is 0 Å². The first-order valence-electron chi connectivity index (χ1n) is 6.02. The first-order chi connectivity index (χ1) is 9.62. The second-order valence-corrected chi connectivity index (χ2v) is 5.00. The number of hydrogen-bond donors (Lipinski definition) is 0. The predicted octanol–water partition coefficient (Wildman–Crippen LogP) is 3.65. The average molecular weight is 308 g/mol. The van der Waals surface area contributed by atoms with Crippen LogP contribution in [0.4, 0.5) is 0 Å². The third kappa shape index (κ3) is 2.54. The first-order valence-corrected chi connectivity index (χ1v) is 6.78. The minimum atomic E-state index is -0.386. The largest absolute Gasteiger partial charge is 0.467 e. The summed E-state index contributed by atoms with van der Waals surface area (Å²) in [5.41, 5.74) is 0.636. The number of halogens is 2. The Morgan fingerprint density at radius 2 is 1.95 bits per heavy atom. The molecule has 0 aliphatic carbocycles. The van der Waals surface area contributed by atoms with Crippen molar-refractivity contribution in [2.75, 3.05) is 13.1 Å². The number of benzene rings is 1. The molecule has 1 atom stereocenters. The van der Waals surface area contributed by atoms with E-state index in [0.717, 1.165) is 0 Å². The molecule has 102 valence electrons. The lowest BCUT2D eigenvalue weighted by Gasteiger charge is -2.13. The van der Waals surface area contributed by atoms with E-state index in [4.69, 9.17) is 38.5 Å². The summed E-state index contributed by atoms with van der Waals surface area (Å²) in [7, 11) is 0. The Balaban J connectivity index is 2.43. The summed E-state index contributed by atoms with van der Waals surface area (Å²) < 4.78 is 5.75. The van der Waals surface area contributed by atoms with Gasteiger partial charge in [-0.05, 0) is 19.1 Å². The van der Waals surface area contributed by atoms with Crippen LogP contribution < -0.4 is 0 Å². The number of likely N-dealkylation sites (N-methyl/N-ethyl adjacent to an activating group) is 1. The standard InChI is InChI=1S/C14H11Cl2N3O/c1-2-19-8-12(20-14(19)9(6-17)7-18)13-10(15)4-3-5-11(13)16/h3-5,12H,2,8H2,1H3. The second-order valence-electron chi connectivity index (χ2n) is 4.18. The lowest BCUT2D eigenvalue weighted by Crippen LogP contribution is -2.19. The van der Waals surface area contributed by atoms with Gasteiger partial charge in [-0.3, -0.25) is 0 Å². The van der Waals surface area contributed by atoms with Crippen molar-refractivity contribution in [3.05, 3.63) is 45.3 Å². The van der Waals surface area contributed by atoms with Gasteiger partial charge in [0.1, 0.15) is 18.2 Å². The molecule has 0 spiro atoms. The highest BCUT2D eigenvalue weighted by molar-refractivity contribution is 6.36. The zero-order valence-electron chi connectivity index (χ0n) is 10.7. The van der Waals surface area contributed by atoms with Crippen LogP contribution in [-0.4, -0.2) is 18.0 Å². The summed E-state index contributed by atoms with van der Waals surface area (Å²) in [4.78, 5) is 1.83. The predicted molar refractivity (Wildman–Crippen MR) is 75.8 cm³/mol. The minimum Gasteiger partial charge on any atom is -0.467 e. The normalized spacial score (nSPS) is 17.4. The monoisotopic (exact) mass is 307 g/mol. The Morgan fingerprint density at radius 3 is 2.45 bits per heavy atom. The van der Waals surface area contributed by atoms with Gasteiger partial charge in [0.25, 0.3) is 0 Å². The van der Waals surface area contributed by atoms with Crippen molar-refractivity contribution in [2.45, 2.75) is 13.0 Å². The second kappa shape index (κ2) is 6.05. The van der Waals surface area contributed by atoms with Crippen molar-refractivity contribution in [3.8, 4) is 12.1 Å². The fourth-order valence-corrected chi connectivity index (χ4v) is 2.75. The van der Waals surface area contributed by atoms with Crippen LogP contribution in [0.2, 0.25) is 10.0 Å². The molecular weight excluding hydrogens is 297 g/mol. The van der Waals surface area contributed by atoms with Crippen LogP contribution in [0.3, 0.4) is 0 Å². The van der Waals surface area contributed by atoms with Gasteiger partial charge in [0.05, 0.1) is 6.54 Å². The molecule has 1 aliphatic heterocycles. The Kier molecular flexibility index (Phi) is 4.39. The van der Waals surface area contributed by atoms with Crippen LogP contribution >= 0.6 is 23.2 Å². The van der Waals surface area contributed by atoms with Crippen molar-refractivity contribution in [2.24, 2.45) is 0 Å². The van der Waals surface area contributed by atoms with Crippen molar-refractivity contribution >= 4 is 23.2 Å². The highest BCUT2D eigenvalue weighted by Gasteiger charge is 2.33. The van der Waals surface area contributed by atoms with Gasteiger partial charge in [0.2, 0.25) is 5.88 Å². The van der Waals surface area contributed by atoms with Crippen LogP contribution in [0.1, 0.15) is 18.6 Å². The van der Waals surface area contributed by atoms with Crippen LogP contribution in [-0.2, 0) is 4.74 Å². The minimum absolute atomic E-state index is 0.0440. The van der Waals surface area contributed by atoms with E-state index in [2.05, 4.69) is 0 Å². The molecule has 2 rings (SSSR count). The van der Waals surface area contributed by atoms with E-state index in [9.17, 15) is 0 Å². The number of hydrogen-bond acceptors (Lipinski definition) is 4. The molecule has 20 heavy (non-hydrogen) atoms. The maximum Gasteiger partial charge on any atom is 0.219 e. The number of allylic oxidation sites excluding steroid dienone is 1. The Morgan fingerprint density at radius 1 is 1.35 bits per heavy atom. The SMILES string of the molecule is CCN1CC(c2c(Cl)cccc2Cl)OC1=C(C#N)C#N. The van der Waals surface area contributed by atoms with Crippen LogP contribution in [0, 0.1) is 22.7 Å². The average Bonchev–Trinajstić information content (AvgIpc) is 2.84. The summed E-state index contributed by atoms with van der Waals surface area (Å²) >= 11 is 12.3. The molecule has 4 nitrogen and oxygen atoms in total. The summed E-state index contributed by atoms with van der Waals surface area (Å²) in [5, 5.41) is 19.0. The van der Waals surface area contributed by atoms with E-state index in [1.807, 2.05) is 24.0 Å². The molecule has 6 heteroatoms. The Hall–Kier alpha value is -1.88. The highest BCUT2D eigenvalue weighted by atomic mass is 35.5. The van der Waals surface area contributed by atoms with Crippen molar-refractivity contribution in [3.63, 3.8) is 0 Å². The third-order valence-electron chi connectivity index (χ3n) is 3.07. The van der Waals surface area contributed by atoms with Crippen molar-refractivity contribution in [1.29, 1.82) is 10.5 Å². The third-order valence-corrected chi connectivity index (χ3v) is 3.73. The topological polar surface area (TPSA) is 60.0 Å². The van der Waals surface area contributed by atoms with Crippen molar-refractivity contribution < 1.29 is 4.74 Å². The summed E-state index contributed by atoms with van der Waals surface area (Å²) in [6, 6.07) is 8.92. The molecule has 0 N–H and O–H groups in total. The summed E-state index contributed by atoms with van der Waals surface area (Å²) in [6.45, 7) is 3.05. The lowest BCUT2D eigenvalue weighted by atomic mass is 10.1. The molecule has 0 radical (unpaired) electrons. The number of nitrogens with zero attached hydrogens (tertiary/aromatic N) is 3. The van der Waals surface area contributed by atoms with Gasteiger partial charge in [-0.25, -0.2) is 0 Å².